The number of amides is 3. The van der Waals surface area contributed by atoms with E-state index in [1.807, 2.05) is 11.0 Å². The number of nitrogens with zero attached hydrogens (tertiary/aromatic N) is 1. The first-order chi connectivity index (χ1) is 11.6. The number of primary amides is 1. The van der Waals surface area contributed by atoms with Crippen LogP contribution in [0.5, 0.6) is 0 Å². The fraction of sp³-hybridized carbons (Fsp3) is 0.500. The number of benzene rings is 1. The molecule has 3 amide bonds. The van der Waals surface area contributed by atoms with Crippen LogP contribution in [-0.2, 0) is 14.4 Å². The van der Waals surface area contributed by atoms with Gasteiger partial charge in [0.2, 0.25) is 17.7 Å². The summed E-state index contributed by atoms with van der Waals surface area (Å²) >= 11 is 0. The molecule has 24 heavy (non-hydrogen) atoms. The zero-order valence-corrected chi connectivity index (χ0v) is 13.6. The molecule has 3 rings (SSSR count). The molecule has 1 aromatic carbocycles. The maximum absolute atomic E-state index is 12.5. The summed E-state index contributed by atoms with van der Waals surface area (Å²) < 4.78 is 0. The first kappa shape index (κ1) is 16.5. The summed E-state index contributed by atoms with van der Waals surface area (Å²) in [6.07, 6.45) is 4.54. The number of nitrogens with two attached hydrogens (primary N) is 1. The average molecular weight is 329 g/mol. The number of nitrogens with one attached hydrogen (secondary N) is 1. The molecule has 0 spiro atoms. The van der Waals surface area contributed by atoms with Gasteiger partial charge in [-0.2, -0.15) is 0 Å². The van der Waals surface area contributed by atoms with E-state index in [1.165, 1.54) is 0 Å². The van der Waals surface area contributed by atoms with Gasteiger partial charge in [-0.1, -0.05) is 43.2 Å². The predicted octanol–water partition coefficient (Wildman–Crippen LogP) is 1.12. The van der Waals surface area contributed by atoms with Crippen molar-refractivity contribution in [3.8, 4) is 0 Å². The number of carbonyl (C=O) groups is 3. The molecule has 0 aromatic heterocycles. The van der Waals surface area contributed by atoms with Gasteiger partial charge in [-0.05, 0) is 18.4 Å². The largest absolute Gasteiger partial charge is 0.368 e. The van der Waals surface area contributed by atoms with E-state index in [0.717, 1.165) is 25.7 Å². The molecular formula is C18H23N3O3. The van der Waals surface area contributed by atoms with Crippen LogP contribution in [0.2, 0.25) is 0 Å². The van der Waals surface area contributed by atoms with Gasteiger partial charge < -0.3 is 16.0 Å². The molecule has 6 nitrogen and oxygen atoms in total. The Balaban J connectivity index is 1.65. The SMILES string of the molecule is NC(=O)[C@@H](NC(=O)[C@@H]1CC(=O)N(C2CCCC2)C1)c1ccccc1. The van der Waals surface area contributed by atoms with Crippen molar-refractivity contribution in [2.75, 3.05) is 6.54 Å². The van der Waals surface area contributed by atoms with E-state index < -0.39 is 17.9 Å². The number of hydrogen-bond donors (Lipinski definition) is 2. The van der Waals surface area contributed by atoms with Gasteiger partial charge in [0.15, 0.2) is 0 Å². The van der Waals surface area contributed by atoms with Gasteiger partial charge >= 0.3 is 0 Å². The maximum Gasteiger partial charge on any atom is 0.244 e. The highest BCUT2D eigenvalue weighted by atomic mass is 16.2. The van der Waals surface area contributed by atoms with Gasteiger partial charge in [0.1, 0.15) is 6.04 Å². The molecule has 3 N–H and O–H groups in total. The molecule has 6 heteroatoms. The van der Waals surface area contributed by atoms with Gasteiger partial charge in [0.05, 0.1) is 5.92 Å². The van der Waals surface area contributed by atoms with Crippen molar-refractivity contribution < 1.29 is 14.4 Å². The summed E-state index contributed by atoms with van der Waals surface area (Å²) in [4.78, 5) is 38.3. The third-order valence-corrected chi connectivity index (χ3v) is 5.00. The Kier molecular flexibility index (Phi) is 4.83. The Hall–Kier alpha value is -2.37. The zero-order valence-electron chi connectivity index (χ0n) is 13.6. The number of carbonyl (C=O) groups excluding carboxylic acids is 3. The molecule has 128 valence electrons. The first-order valence-corrected chi connectivity index (χ1v) is 8.50. The molecule has 2 fully saturated rings. The van der Waals surface area contributed by atoms with Crippen molar-refractivity contribution >= 4 is 17.7 Å². The van der Waals surface area contributed by atoms with Crippen LogP contribution in [0.15, 0.2) is 30.3 Å². The standard InChI is InChI=1S/C18H23N3O3/c19-17(23)16(12-6-2-1-3-7-12)20-18(24)13-10-15(22)21(11-13)14-8-4-5-9-14/h1-3,6-7,13-14,16H,4-5,8-11H2,(H2,19,23)(H,20,24)/t13-,16+/m1/s1. The molecule has 2 atom stereocenters. The summed E-state index contributed by atoms with van der Waals surface area (Å²) in [5.41, 5.74) is 6.09. The molecule has 1 aliphatic carbocycles. The lowest BCUT2D eigenvalue weighted by Gasteiger charge is -2.24. The molecule has 1 heterocycles. The predicted molar refractivity (Wildman–Crippen MR) is 88.6 cm³/mol. The Morgan fingerprint density at radius 3 is 2.46 bits per heavy atom. The number of hydrogen-bond acceptors (Lipinski definition) is 3. The zero-order chi connectivity index (χ0) is 17.1. The highest BCUT2D eigenvalue weighted by molar-refractivity contribution is 5.92. The van der Waals surface area contributed by atoms with Gasteiger partial charge in [0.25, 0.3) is 0 Å². The fourth-order valence-corrected chi connectivity index (χ4v) is 3.70. The lowest BCUT2D eigenvalue weighted by molar-refractivity contribution is -0.131. The second-order valence-electron chi connectivity index (χ2n) is 6.64. The summed E-state index contributed by atoms with van der Waals surface area (Å²) in [6.45, 7) is 0.440. The van der Waals surface area contributed by atoms with Crippen LogP contribution in [0.25, 0.3) is 0 Å². The van der Waals surface area contributed by atoms with Gasteiger partial charge in [-0.3, -0.25) is 14.4 Å². The van der Waals surface area contributed by atoms with Crippen molar-refractivity contribution in [2.45, 2.75) is 44.2 Å². The van der Waals surface area contributed by atoms with Crippen LogP contribution in [0.3, 0.4) is 0 Å². The van der Waals surface area contributed by atoms with Crippen LogP contribution in [0.4, 0.5) is 0 Å². The molecule has 1 saturated carbocycles. The minimum Gasteiger partial charge on any atom is -0.368 e. The number of rotatable bonds is 5. The van der Waals surface area contributed by atoms with Crippen LogP contribution in [-0.4, -0.2) is 35.2 Å². The van der Waals surface area contributed by atoms with E-state index >= 15 is 0 Å². The Bertz CT molecular complexity index is 626. The van der Waals surface area contributed by atoms with Crippen molar-refractivity contribution in [3.63, 3.8) is 0 Å². The Morgan fingerprint density at radius 2 is 1.83 bits per heavy atom. The van der Waals surface area contributed by atoms with Crippen LogP contribution in [0, 0.1) is 5.92 Å². The van der Waals surface area contributed by atoms with E-state index in [0.29, 0.717) is 12.1 Å². The third kappa shape index (κ3) is 3.42. The summed E-state index contributed by atoms with van der Waals surface area (Å²) in [5, 5.41) is 2.71. The normalized spacial score (nSPS) is 22.6. The van der Waals surface area contributed by atoms with Crippen LogP contribution >= 0.6 is 0 Å². The third-order valence-electron chi connectivity index (χ3n) is 5.00. The highest BCUT2D eigenvalue weighted by Gasteiger charge is 2.39. The highest BCUT2D eigenvalue weighted by Crippen LogP contribution is 2.29. The molecule has 0 radical (unpaired) electrons. The topological polar surface area (TPSA) is 92.5 Å². The quantitative estimate of drug-likeness (QED) is 0.848. The van der Waals surface area contributed by atoms with Crippen molar-refractivity contribution in [3.05, 3.63) is 35.9 Å². The van der Waals surface area contributed by atoms with Crippen molar-refractivity contribution in [1.82, 2.24) is 10.2 Å². The summed E-state index contributed by atoms with van der Waals surface area (Å²) in [6, 6.07) is 8.32. The minimum absolute atomic E-state index is 0.0392. The van der Waals surface area contributed by atoms with Gasteiger partial charge in [-0.15, -0.1) is 0 Å². The maximum atomic E-state index is 12.5. The average Bonchev–Trinajstić information content (AvgIpc) is 3.22. The van der Waals surface area contributed by atoms with E-state index in [9.17, 15) is 14.4 Å². The second kappa shape index (κ2) is 7.03. The molecule has 0 unspecified atom stereocenters. The molecule has 2 aliphatic rings. The smallest absolute Gasteiger partial charge is 0.244 e. The molecular weight excluding hydrogens is 306 g/mol. The van der Waals surface area contributed by atoms with Crippen LogP contribution in [0.1, 0.15) is 43.7 Å². The lowest BCUT2D eigenvalue weighted by Crippen LogP contribution is -2.41. The monoisotopic (exact) mass is 329 g/mol. The fourth-order valence-electron chi connectivity index (χ4n) is 3.70. The second-order valence-corrected chi connectivity index (χ2v) is 6.64. The van der Waals surface area contributed by atoms with Crippen LogP contribution < -0.4 is 11.1 Å². The van der Waals surface area contributed by atoms with E-state index in [-0.39, 0.29) is 24.3 Å². The summed E-state index contributed by atoms with van der Waals surface area (Å²) in [7, 11) is 0. The lowest BCUT2D eigenvalue weighted by atomic mass is 10.0. The molecule has 1 saturated heterocycles. The Labute approximate surface area is 141 Å². The Morgan fingerprint density at radius 1 is 1.17 bits per heavy atom. The van der Waals surface area contributed by atoms with E-state index in [1.54, 1.807) is 24.3 Å². The van der Waals surface area contributed by atoms with Crippen molar-refractivity contribution in [2.24, 2.45) is 11.7 Å². The number of likely N-dealkylation sites (tertiary alicyclic amines) is 1. The van der Waals surface area contributed by atoms with E-state index in [2.05, 4.69) is 5.32 Å². The molecule has 0 bridgehead atoms. The minimum atomic E-state index is -0.866. The van der Waals surface area contributed by atoms with Gasteiger partial charge in [-0.25, -0.2) is 0 Å². The first-order valence-electron chi connectivity index (χ1n) is 8.50. The van der Waals surface area contributed by atoms with E-state index in [4.69, 9.17) is 5.73 Å². The molecule has 1 aliphatic heterocycles. The summed E-state index contributed by atoms with van der Waals surface area (Å²) in [5.74, 6) is -1.26. The van der Waals surface area contributed by atoms with Crippen molar-refractivity contribution in [1.29, 1.82) is 0 Å². The molecule has 1 aromatic rings. The van der Waals surface area contributed by atoms with Gasteiger partial charge in [0, 0.05) is 19.0 Å².